The molecular formula is C23H49NO5S. The van der Waals surface area contributed by atoms with Crippen LogP contribution in [0.2, 0.25) is 0 Å². The van der Waals surface area contributed by atoms with E-state index in [1.165, 1.54) is 110 Å². The SMILES string of the molecule is CCCCCCCCCCC(CCCCCCCC)COC(C)=O.CS(=O)(=O)ON. The molecule has 0 aromatic carbocycles. The third kappa shape index (κ3) is 29.5. The number of unbranched alkanes of at least 4 members (excludes halogenated alkanes) is 12. The second-order valence-electron chi connectivity index (χ2n) is 8.29. The minimum absolute atomic E-state index is 0.126. The van der Waals surface area contributed by atoms with Gasteiger partial charge in [0.2, 0.25) is 0 Å². The first kappa shape index (κ1) is 31.5. The lowest BCUT2D eigenvalue weighted by molar-refractivity contribution is -0.142. The van der Waals surface area contributed by atoms with Crippen molar-refractivity contribution in [1.82, 2.24) is 0 Å². The Hall–Kier alpha value is -0.660. The van der Waals surface area contributed by atoms with Crippen LogP contribution in [0.1, 0.15) is 124 Å². The van der Waals surface area contributed by atoms with E-state index in [9.17, 15) is 13.2 Å². The maximum atomic E-state index is 11.1. The van der Waals surface area contributed by atoms with Crippen LogP contribution < -0.4 is 5.90 Å². The van der Waals surface area contributed by atoms with E-state index in [1.807, 2.05) is 0 Å². The molecule has 0 aliphatic heterocycles. The van der Waals surface area contributed by atoms with E-state index in [2.05, 4.69) is 24.0 Å². The Bertz CT molecular complexity index is 468. The van der Waals surface area contributed by atoms with Gasteiger partial charge in [0.25, 0.3) is 10.1 Å². The van der Waals surface area contributed by atoms with Gasteiger partial charge in [0.1, 0.15) is 0 Å². The molecule has 0 amide bonds. The number of ether oxygens (including phenoxy) is 1. The Balaban J connectivity index is 0. The van der Waals surface area contributed by atoms with Gasteiger partial charge >= 0.3 is 5.97 Å². The summed E-state index contributed by atoms with van der Waals surface area (Å²) in [7, 11) is -3.38. The molecule has 0 heterocycles. The fourth-order valence-electron chi connectivity index (χ4n) is 3.33. The molecule has 0 spiro atoms. The minimum Gasteiger partial charge on any atom is -0.466 e. The number of esters is 1. The average Bonchev–Trinajstić information content (AvgIpc) is 2.69. The molecule has 1 unspecified atom stereocenters. The van der Waals surface area contributed by atoms with Crippen molar-refractivity contribution in [1.29, 1.82) is 0 Å². The summed E-state index contributed by atoms with van der Waals surface area (Å²) in [5.74, 6) is 4.68. The first-order valence-corrected chi connectivity index (χ1v) is 13.8. The molecule has 0 rings (SSSR count). The van der Waals surface area contributed by atoms with Crippen molar-refractivity contribution in [3.8, 4) is 0 Å². The summed E-state index contributed by atoms with van der Waals surface area (Å²) in [5, 5.41) is 0. The largest absolute Gasteiger partial charge is 0.466 e. The summed E-state index contributed by atoms with van der Waals surface area (Å²) >= 11 is 0. The Morgan fingerprint density at radius 3 is 1.40 bits per heavy atom. The van der Waals surface area contributed by atoms with Crippen LogP contribution in [0.3, 0.4) is 0 Å². The second kappa shape index (κ2) is 23.0. The number of carbonyl (C=O) groups excluding carboxylic acids is 1. The van der Waals surface area contributed by atoms with E-state index in [0.29, 0.717) is 12.5 Å². The molecule has 2 N–H and O–H groups in total. The summed E-state index contributed by atoms with van der Waals surface area (Å²) in [5.41, 5.74) is 0. The fourth-order valence-corrected chi connectivity index (χ4v) is 3.33. The molecule has 182 valence electrons. The molecule has 0 saturated carbocycles. The Morgan fingerprint density at radius 1 is 0.767 bits per heavy atom. The number of hydrogen-bond donors (Lipinski definition) is 1. The predicted octanol–water partition coefficient (Wildman–Crippen LogP) is 6.28. The van der Waals surface area contributed by atoms with Gasteiger partial charge in [-0.3, -0.25) is 4.79 Å². The van der Waals surface area contributed by atoms with Crippen LogP contribution in [-0.4, -0.2) is 27.2 Å². The van der Waals surface area contributed by atoms with Crippen LogP contribution in [0.15, 0.2) is 0 Å². The molecule has 0 fully saturated rings. The maximum absolute atomic E-state index is 11.1. The van der Waals surface area contributed by atoms with Gasteiger partial charge in [-0.1, -0.05) is 104 Å². The zero-order valence-corrected chi connectivity index (χ0v) is 20.9. The third-order valence-corrected chi connectivity index (χ3v) is 5.48. The van der Waals surface area contributed by atoms with E-state index in [1.54, 1.807) is 0 Å². The molecule has 0 bridgehead atoms. The lowest BCUT2D eigenvalue weighted by atomic mass is 9.94. The van der Waals surface area contributed by atoms with Crippen molar-refractivity contribution in [2.24, 2.45) is 11.8 Å². The van der Waals surface area contributed by atoms with Gasteiger partial charge < -0.3 is 4.74 Å². The average molecular weight is 452 g/mol. The smallest absolute Gasteiger partial charge is 0.302 e. The molecular weight excluding hydrogens is 402 g/mol. The van der Waals surface area contributed by atoms with Crippen LogP contribution in [0.25, 0.3) is 0 Å². The van der Waals surface area contributed by atoms with Crippen molar-refractivity contribution < 1.29 is 22.2 Å². The van der Waals surface area contributed by atoms with Gasteiger partial charge in [0.15, 0.2) is 0 Å². The Labute approximate surface area is 186 Å². The van der Waals surface area contributed by atoms with E-state index in [0.717, 1.165) is 6.26 Å². The highest BCUT2D eigenvalue weighted by molar-refractivity contribution is 7.85. The van der Waals surface area contributed by atoms with Gasteiger partial charge in [-0.25, -0.2) is 0 Å². The van der Waals surface area contributed by atoms with Gasteiger partial charge in [-0.15, -0.1) is 0 Å². The van der Waals surface area contributed by atoms with Crippen LogP contribution in [0, 0.1) is 5.92 Å². The van der Waals surface area contributed by atoms with Gasteiger partial charge in [-0.2, -0.15) is 18.6 Å². The van der Waals surface area contributed by atoms with Crippen molar-refractivity contribution in [3.63, 3.8) is 0 Å². The van der Waals surface area contributed by atoms with Crippen LogP contribution >= 0.6 is 0 Å². The van der Waals surface area contributed by atoms with Crippen molar-refractivity contribution in [2.75, 3.05) is 12.9 Å². The zero-order valence-electron chi connectivity index (χ0n) is 20.1. The summed E-state index contributed by atoms with van der Waals surface area (Å²) in [4.78, 5) is 11.1. The number of rotatable bonds is 19. The van der Waals surface area contributed by atoms with E-state index >= 15 is 0 Å². The fraction of sp³-hybridized carbons (Fsp3) is 0.957. The number of hydrogen-bond acceptors (Lipinski definition) is 6. The highest BCUT2D eigenvalue weighted by Crippen LogP contribution is 2.20. The second-order valence-corrected chi connectivity index (χ2v) is 9.89. The lowest BCUT2D eigenvalue weighted by Crippen LogP contribution is -2.12. The molecule has 0 aromatic rings. The Morgan fingerprint density at radius 2 is 1.10 bits per heavy atom. The molecule has 1 atom stereocenters. The first-order valence-electron chi connectivity index (χ1n) is 12.0. The quantitative estimate of drug-likeness (QED) is 0.141. The van der Waals surface area contributed by atoms with Gasteiger partial charge in [0.05, 0.1) is 12.9 Å². The molecule has 0 aliphatic carbocycles. The monoisotopic (exact) mass is 451 g/mol. The van der Waals surface area contributed by atoms with Crippen molar-refractivity contribution >= 4 is 16.1 Å². The predicted molar refractivity (Wildman–Crippen MR) is 125 cm³/mol. The van der Waals surface area contributed by atoms with Gasteiger partial charge in [-0.05, 0) is 18.8 Å². The Kier molecular flexibility index (Phi) is 24.2. The number of nitrogens with two attached hydrogens (primary N) is 1. The highest BCUT2D eigenvalue weighted by atomic mass is 32.2. The van der Waals surface area contributed by atoms with Crippen LogP contribution in [0.5, 0.6) is 0 Å². The topological polar surface area (TPSA) is 95.7 Å². The van der Waals surface area contributed by atoms with E-state index < -0.39 is 10.1 Å². The normalized spacial score (nSPS) is 12.2. The van der Waals surface area contributed by atoms with Gasteiger partial charge in [0, 0.05) is 6.92 Å². The molecule has 0 aromatic heterocycles. The first-order chi connectivity index (χ1) is 14.3. The molecule has 7 heteroatoms. The molecule has 0 radical (unpaired) electrons. The molecule has 30 heavy (non-hydrogen) atoms. The van der Waals surface area contributed by atoms with E-state index in [4.69, 9.17) is 4.74 Å². The van der Waals surface area contributed by atoms with Crippen LogP contribution in [0.4, 0.5) is 0 Å². The lowest BCUT2D eigenvalue weighted by Gasteiger charge is -2.16. The van der Waals surface area contributed by atoms with Crippen LogP contribution in [-0.2, 0) is 23.9 Å². The zero-order chi connectivity index (χ0) is 23.1. The third-order valence-electron chi connectivity index (χ3n) is 5.13. The highest BCUT2D eigenvalue weighted by Gasteiger charge is 2.10. The van der Waals surface area contributed by atoms with E-state index in [-0.39, 0.29) is 5.97 Å². The molecule has 0 saturated heterocycles. The van der Waals surface area contributed by atoms with Crippen molar-refractivity contribution in [2.45, 2.75) is 124 Å². The summed E-state index contributed by atoms with van der Waals surface area (Å²) in [6.45, 7) is 6.70. The standard InChI is InChI=1S/C22H44O2.CH5NO3S/c1-4-6-8-10-12-13-15-17-19-22(20-24-21(3)23)18-16-14-11-9-7-5-2;1-6(3,4)5-2/h22H,4-20H2,1-3H3;2H2,1H3. The summed E-state index contributed by atoms with van der Waals surface area (Å²) < 4.78 is 28.0. The minimum atomic E-state index is -3.38. The summed E-state index contributed by atoms with van der Waals surface area (Å²) in [6.07, 6.45) is 22.4. The molecule has 6 nitrogen and oxygen atoms in total. The maximum Gasteiger partial charge on any atom is 0.302 e. The summed E-state index contributed by atoms with van der Waals surface area (Å²) in [6, 6.07) is 0. The number of carbonyl (C=O) groups is 1. The molecule has 0 aliphatic rings. The van der Waals surface area contributed by atoms with Crippen molar-refractivity contribution in [3.05, 3.63) is 0 Å².